The number of nitrogens with zero attached hydrogens (tertiary/aromatic N) is 1. The van der Waals surface area contributed by atoms with Gasteiger partial charge in [-0.25, -0.2) is 4.98 Å². The van der Waals surface area contributed by atoms with E-state index in [-0.39, 0.29) is 12.4 Å². The van der Waals surface area contributed by atoms with Gasteiger partial charge >= 0.3 is 0 Å². The van der Waals surface area contributed by atoms with Crippen LogP contribution in [0.2, 0.25) is 0 Å². The Hall–Kier alpha value is -1.84. The maximum atomic E-state index is 5.47. The van der Waals surface area contributed by atoms with Crippen LogP contribution < -0.4 is 10.1 Å². The van der Waals surface area contributed by atoms with Crippen LogP contribution in [0.3, 0.4) is 0 Å². The summed E-state index contributed by atoms with van der Waals surface area (Å²) in [5.74, 6) is 0.670. The zero-order valence-corrected chi connectivity index (χ0v) is 12.1. The Morgan fingerprint density at radius 1 is 1.05 bits per heavy atom. The summed E-state index contributed by atoms with van der Waals surface area (Å²) in [5, 5.41) is 3.29. The van der Waals surface area contributed by atoms with Crippen LogP contribution in [0.4, 0.5) is 0 Å². The number of hydrogen-bond acceptors (Lipinski definition) is 3. The molecule has 1 N–H and O–H groups in total. The van der Waals surface area contributed by atoms with Gasteiger partial charge in [-0.05, 0) is 11.6 Å². The van der Waals surface area contributed by atoms with Gasteiger partial charge in [0.25, 0.3) is 0 Å². The first-order chi connectivity index (χ1) is 9.45. The van der Waals surface area contributed by atoms with Gasteiger partial charge in [-0.2, -0.15) is 0 Å². The summed E-state index contributed by atoms with van der Waals surface area (Å²) in [6.45, 7) is 2.26. The lowest BCUT2D eigenvalue weighted by Gasteiger charge is -2.04. The minimum Gasteiger partial charge on any atom is -0.476 e. The number of ether oxygens (including phenoxy) is 1. The van der Waals surface area contributed by atoms with Crippen molar-refractivity contribution >= 4 is 18.5 Å². The normalized spacial score (nSPS) is 10.2. The molecule has 3 nitrogen and oxygen atoms in total. The standard InChI is InChI=1S/C16H18N2O.ClH/c1-2-7-15(8-3-1)9-6-11-17-13-14-19-16-10-4-5-12-18-16;/h1-10,12,17H,11,13-14H2;1H/b9-6+;. The van der Waals surface area contributed by atoms with Gasteiger partial charge in [0.15, 0.2) is 0 Å². The molecule has 0 fully saturated rings. The third-order valence-corrected chi connectivity index (χ3v) is 2.54. The third-order valence-electron chi connectivity index (χ3n) is 2.54. The second-order valence-electron chi connectivity index (χ2n) is 4.03. The summed E-state index contributed by atoms with van der Waals surface area (Å²) < 4.78 is 5.47. The predicted molar refractivity (Wildman–Crippen MR) is 85.3 cm³/mol. The van der Waals surface area contributed by atoms with Gasteiger partial charge in [0, 0.05) is 25.4 Å². The molecule has 2 rings (SSSR count). The van der Waals surface area contributed by atoms with E-state index in [9.17, 15) is 0 Å². The largest absolute Gasteiger partial charge is 0.476 e. The van der Waals surface area contributed by atoms with E-state index in [0.717, 1.165) is 13.1 Å². The molecule has 0 aliphatic carbocycles. The first-order valence-electron chi connectivity index (χ1n) is 6.41. The van der Waals surface area contributed by atoms with E-state index in [1.807, 2.05) is 36.4 Å². The number of halogens is 1. The molecule has 0 bridgehead atoms. The molecule has 0 amide bonds. The van der Waals surface area contributed by atoms with Crippen molar-refractivity contribution in [2.45, 2.75) is 0 Å². The SMILES string of the molecule is C(=C\c1ccccc1)/CNCCOc1ccccn1.Cl. The second-order valence-corrected chi connectivity index (χ2v) is 4.03. The van der Waals surface area contributed by atoms with Gasteiger partial charge in [0.1, 0.15) is 6.61 Å². The molecule has 0 aliphatic rings. The zero-order valence-electron chi connectivity index (χ0n) is 11.2. The molecular weight excluding hydrogens is 272 g/mol. The monoisotopic (exact) mass is 290 g/mol. The lowest BCUT2D eigenvalue weighted by atomic mass is 10.2. The Morgan fingerprint density at radius 2 is 1.85 bits per heavy atom. The third kappa shape index (κ3) is 6.36. The van der Waals surface area contributed by atoms with Crippen molar-refractivity contribution in [2.75, 3.05) is 19.7 Å². The fourth-order valence-corrected chi connectivity index (χ4v) is 1.60. The second kappa shape index (κ2) is 10.0. The van der Waals surface area contributed by atoms with E-state index < -0.39 is 0 Å². The maximum Gasteiger partial charge on any atom is 0.213 e. The summed E-state index contributed by atoms with van der Waals surface area (Å²) in [4.78, 5) is 4.09. The number of aromatic nitrogens is 1. The van der Waals surface area contributed by atoms with Gasteiger partial charge in [-0.1, -0.05) is 48.6 Å². The lowest BCUT2D eigenvalue weighted by Crippen LogP contribution is -2.21. The van der Waals surface area contributed by atoms with Crippen molar-refractivity contribution in [3.63, 3.8) is 0 Å². The summed E-state index contributed by atoms with van der Waals surface area (Å²) in [7, 11) is 0. The van der Waals surface area contributed by atoms with Gasteiger partial charge < -0.3 is 10.1 Å². The topological polar surface area (TPSA) is 34.1 Å². The van der Waals surface area contributed by atoms with Gasteiger partial charge in [0.05, 0.1) is 0 Å². The average Bonchev–Trinajstić information content (AvgIpc) is 2.48. The highest BCUT2D eigenvalue weighted by Gasteiger charge is 1.91. The fourth-order valence-electron chi connectivity index (χ4n) is 1.60. The van der Waals surface area contributed by atoms with E-state index in [0.29, 0.717) is 12.5 Å². The van der Waals surface area contributed by atoms with Crippen LogP contribution in [0.15, 0.2) is 60.8 Å². The Balaban J connectivity index is 0.00000200. The summed E-state index contributed by atoms with van der Waals surface area (Å²) in [5.41, 5.74) is 1.22. The number of nitrogens with one attached hydrogen (secondary N) is 1. The number of benzene rings is 1. The summed E-state index contributed by atoms with van der Waals surface area (Å²) in [6, 6.07) is 15.9. The van der Waals surface area contributed by atoms with Crippen molar-refractivity contribution < 1.29 is 4.74 Å². The van der Waals surface area contributed by atoms with Crippen LogP contribution in [0.1, 0.15) is 5.56 Å². The lowest BCUT2D eigenvalue weighted by molar-refractivity contribution is 0.304. The molecule has 4 heteroatoms. The molecule has 0 saturated heterocycles. The maximum absolute atomic E-state index is 5.47. The zero-order chi connectivity index (χ0) is 13.2. The van der Waals surface area contributed by atoms with Crippen molar-refractivity contribution in [1.29, 1.82) is 0 Å². The molecule has 0 atom stereocenters. The van der Waals surface area contributed by atoms with E-state index >= 15 is 0 Å². The van der Waals surface area contributed by atoms with Crippen LogP contribution >= 0.6 is 12.4 Å². The van der Waals surface area contributed by atoms with Crippen molar-refractivity contribution in [3.05, 3.63) is 66.4 Å². The Bertz CT molecular complexity index is 488. The molecule has 1 aromatic carbocycles. The number of pyridine rings is 1. The fraction of sp³-hybridized carbons (Fsp3) is 0.188. The van der Waals surface area contributed by atoms with E-state index in [1.165, 1.54) is 5.56 Å². The van der Waals surface area contributed by atoms with Crippen LogP contribution in [0.25, 0.3) is 6.08 Å². The van der Waals surface area contributed by atoms with Crippen molar-refractivity contribution in [3.8, 4) is 5.88 Å². The quantitative estimate of drug-likeness (QED) is 0.795. The average molecular weight is 291 g/mol. The van der Waals surface area contributed by atoms with Crippen LogP contribution in [-0.2, 0) is 0 Å². The number of hydrogen-bond donors (Lipinski definition) is 1. The van der Waals surface area contributed by atoms with Gasteiger partial charge in [-0.15, -0.1) is 12.4 Å². The smallest absolute Gasteiger partial charge is 0.213 e. The predicted octanol–water partition coefficient (Wildman–Crippen LogP) is 3.19. The van der Waals surface area contributed by atoms with Crippen molar-refractivity contribution in [1.82, 2.24) is 10.3 Å². The van der Waals surface area contributed by atoms with Gasteiger partial charge in [-0.3, -0.25) is 0 Å². The highest BCUT2D eigenvalue weighted by atomic mass is 35.5. The molecule has 0 saturated carbocycles. The Morgan fingerprint density at radius 3 is 2.60 bits per heavy atom. The molecule has 0 spiro atoms. The van der Waals surface area contributed by atoms with E-state index in [4.69, 9.17) is 4.74 Å². The van der Waals surface area contributed by atoms with Crippen molar-refractivity contribution in [2.24, 2.45) is 0 Å². The minimum absolute atomic E-state index is 0. The molecule has 1 aromatic heterocycles. The molecule has 0 radical (unpaired) electrons. The number of rotatable bonds is 7. The molecule has 2 aromatic rings. The summed E-state index contributed by atoms with van der Waals surface area (Å²) in [6.07, 6.45) is 5.94. The Labute approximate surface area is 126 Å². The van der Waals surface area contributed by atoms with E-state index in [2.05, 4.69) is 34.6 Å². The minimum atomic E-state index is 0. The Kier molecular flexibility index (Phi) is 8.11. The summed E-state index contributed by atoms with van der Waals surface area (Å²) >= 11 is 0. The highest BCUT2D eigenvalue weighted by molar-refractivity contribution is 5.85. The molecule has 106 valence electrons. The first-order valence-corrected chi connectivity index (χ1v) is 6.41. The molecule has 20 heavy (non-hydrogen) atoms. The molecule has 0 aliphatic heterocycles. The van der Waals surface area contributed by atoms with E-state index in [1.54, 1.807) is 6.20 Å². The van der Waals surface area contributed by atoms with Crippen LogP contribution in [0.5, 0.6) is 5.88 Å². The molecule has 1 heterocycles. The first kappa shape index (κ1) is 16.2. The van der Waals surface area contributed by atoms with Crippen LogP contribution in [0, 0.1) is 0 Å². The molecule has 0 unspecified atom stereocenters. The van der Waals surface area contributed by atoms with Gasteiger partial charge in [0.2, 0.25) is 5.88 Å². The highest BCUT2D eigenvalue weighted by Crippen LogP contribution is 2.02. The molecular formula is C16H19ClN2O. The van der Waals surface area contributed by atoms with Crippen LogP contribution in [-0.4, -0.2) is 24.7 Å².